The first-order valence-corrected chi connectivity index (χ1v) is 8.35. The van der Waals surface area contributed by atoms with Crippen molar-refractivity contribution >= 4 is 5.57 Å². The lowest BCUT2D eigenvalue weighted by molar-refractivity contribution is 0.303. The van der Waals surface area contributed by atoms with Crippen molar-refractivity contribution in [2.24, 2.45) is 7.05 Å². The smallest absolute Gasteiger partial charge is 0.368 e. The molecular weight excluding hydrogens is 328 g/mol. The molecule has 0 N–H and O–H groups in total. The Kier molecular flexibility index (Phi) is 4.75. The lowest BCUT2D eigenvalue weighted by atomic mass is 10.0. The standard InChI is InChI=1S/C20H22N4O2/c1-13(2)16-7-6-8-18(24-20(25)23(5)21-22-24)17(16)12-26-19-11-14(3)9-10-15(19)4/h6-11H,1,12H2,2-5H3. The number of hydrogen-bond donors (Lipinski definition) is 0. The third-order valence-corrected chi connectivity index (χ3v) is 4.28. The Morgan fingerprint density at radius 1 is 1.19 bits per heavy atom. The molecule has 0 radical (unpaired) electrons. The van der Waals surface area contributed by atoms with E-state index < -0.39 is 0 Å². The molecule has 0 saturated carbocycles. The summed E-state index contributed by atoms with van der Waals surface area (Å²) in [7, 11) is 1.57. The molecule has 3 rings (SSSR count). The number of allylic oxidation sites excluding steroid dienone is 1. The number of aryl methyl sites for hydroxylation is 3. The van der Waals surface area contributed by atoms with Gasteiger partial charge in [0.05, 0.1) is 5.69 Å². The highest BCUT2D eigenvalue weighted by Crippen LogP contribution is 2.26. The van der Waals surface area contributed by atoms with Gasteiger partial charge in [0.25, 0.3) is 0 Å². The zero-order chi connectivity index (χ0) is 18.8. The van der Waals surface area contributed by atoms with Crippen molar-refractivity contribution < 1.29 is 4.74 Å². The molecule has 1 heterocycles. The number of hydrogen-bond acceptors (Lipinski definition) is 4. The summed E-state index contributed by atoms with van der Waals surface area (Å²) in [5, 5.41) is 7.77. The molecule has 0 unspecified atom stereocenters. The average Bonchev–Trinajstić information content (AvgIpc) is 2.94. The van der Waals surface area contributed by atoms with Crippen molar-refractivity contribution in [3.8, 4) is 11.4 Å². The fourth-order valence-corrected chi connectivity index (χ4v) is 2.80. The Morgan fingerprint density at radius 2 is 1.96 bits per heavy atom. The number of ether oxygens (including phenoxy) is 1. The summed E-state index contributed by atoms with van der Waals surface area (Å²) < 4.78 is 8.58. The predicted octanol–water partition coefficient (Wildman–Crippen LogP) is 3.19. The lowest BCUT2D eigenvalue weighted by Gasteiger charge is -2.16. The first kappa shape index (κ1) is 17.7. The summed E-state index contributed by atoms with van der Waals surface area (Å²) in [5.41, 5.74) is 5.20. The van der Waals surface area contributed by atoms with E-state index in [-0.39, 0.29) is 5.69 Å². The fraction of sp³-hybridized carbons (Fsp3) is 0.250. The van der Waals surface area contributed by atoms with E-state index in [2.05, 4.69) is 23.1 Å². The Morgan fingerprint density at radius 3 is 2.62 bits per heavy atom. The Labute approximate surface area is 152 Å². The largest absolute Gasteiger partial charge is 0.489 e. The highest BCUT2D eigenvalue weighted by molar-refractivity contribution is 5.68. The summed E-state index contributed by atoms with van der Waals surface area (Å²) in [6.45, 7) is 10.3. The Hall–Kier alpha value is -3.15. The Balaban J connectivity index is 2.07. The van der Waals surface area contributed by atoms with Gasteiger partial charge in [0.2, 0.25) is 0 Å². The van der Waals surface area contributed by atoms with Gasteiger partial charge in [-0.15, -0.1) is 0 Å². The molecule has 0 saturated heterocycles. The van der Waals surface area contributed by atoms with E-state index in [1.807, 2.05) is 51.1 Å². The van der Waals surface area contributed by atoms with E-state index in [1.165, 1.54) is 9.36 Å². The second-order valence-electron chi connectivity index (χ2n) is 6.44. The van der Waals surface area contributed by atoms with Crippen LogP contribution in [0, 0.1) is 13.8 Å². The van der Waals surface area contributed by atoms with Gasteiger partial charge in [0.1, 0.15) is 12.4 Å². The number of aromatic nitrogens is 4. The number of rotatable bonds is 5. The van der Waals surface area contributed by atoms with Crippen LogP contribution in [0.4, 0.5) is 0 Å². The van der Waals surface area contributed by atoms with Gasteiger partial charge in [0, 0.05) is 12.6 Å². The van der Waals surface area contributed by atoms with Gasteiger partial charge in [-0.2, -0.15) is 9.36 Å². The number of nitrogens with zero attached hydrogens (tertiary/aromatic N) is 4. The molecule has 0 aliphatic carbocycles. The molecule has 0 spiro atoms. The maximum absolute atomic E-state index is 12.3. The van der Waals surface area contributed by atoms with Crippen LogP contribution in [0.2, 0.25) is 0 Å². The van der Waals surface area contributed by atoms with Gasteiger partial charge in [-0.1, -0.05) is 36.4 Å². The van der Waals surface area contributed by atoms with Crippen LogP contribution in [0.3, 0.4) is 0 Å². The maximum atomic E-state index is 12.3. The van der Waals surface area contributed by atoms with Crippen molar-refractivity contribution in [2.75, 3.05) is 0 Å². The molecule has 0 amide bonds. The SMILES string of the molecule is C=C(C)c1cccc(-n2nnn(C)c2=O)c1COc1cc(C)ccc1C. The summed E-state index contributed by atoms with van der Waals surface area (Å²) in [6, 6.07) is 11.8. The van der Waals surface area contributed by atoms with Crippen LogP contribution in [0.25, 0.3) is 11.3 Å². The van der Waals surface area contributed by atoms with Crippen LogP contribution in [0.1, 0.15) is 29.2 Å². The quantitative estimate of drug-likeness (QED) is 0.709. The molecule has 6 heteroatoms. The zero-order valence-corrected chi connectivity index (χ0v) is 15.5. The van der Waals surface area contributed by atoms with E-state index in [0.717, 1.165) is 33.6 Å². The van der Waals surface area contributed by atoms with E-state index >= 15 is 0 Å². The van der Waals surface area contributed by atoms with E-state index in [9.17, 15) is 4.79 Å². The fourth-order valence-electron chi connectivity index (χ4n) is 2.80. The van der Waals surface area contributed by atoms with Crippen LogP contribution in [0.15, 0.2) is 47.8 Å². The van der Waals surface area contributed by atoms with Crippen LogP contribution >= 0.6 is 0 Å². The lowest BCUT2D eigenvalue weighted by Crippen LogP contribution is -2.23. The van der Waals surface area contributed by atoms with Gasteiger partial charge in [-0.25, -0.2) is 4.79 Å². The van der Waals surface area contributed by atoms with Crippen molar-refractivity contribution in [3.05, 3.63) is 75.7 Å². The number of benzene rings is 2. The summed E-state index contributed by atoms with van der Waals surface area (Å²) in [5.74, 6) is 0.818. The maximum Gasteiger partial charge on any atom is 0.368 e. The molecule has 0 atom stereocenters. The molecule has 0 aliphatic rings. The summed E-state index contributed by atoms with van der Waals surface area (Å²) >= 11 is 0. The average molecular weight is 350 g/mol. The summed E-state index contributed by atoms with van der Waals surface area (Å²) in [6.07, 6.45) is 0. The molecule has 1 aromatic heterocycles. The second kappa shape index (κ2) is 7.00. The molecule has 134 valence electrons. The normalized spacial score (nSPS) is 10.8. The van der Waals surface area contributed by atoms with Gasteiger partial charge in [0.15, 0.2) is 0 Å². The molecule has 3 aromatic rings. The molecule has 2 aromatic carbocycles. The molecule has 6 nitrogen and oxygen atoms in total. The van der Waals surface area contributed by atoms with Gasteiger partial charge in [-0.3, -0.25) is 0 Å². The highest BCUT2D eigenvalue weighted by atomic mass is 16.5. The second-order valence-corrected chi connectivity index (χ2v) is 6.44. The number of tetrazole rings is 1. The van der Waals surface area contributed by atoms with E-state index in [4.69, 9.17) is 4.74 Å². The van der Waals surface area contributed by atoms with Crippen LogP contribution in [-0.4, -0.2) is 19.8 Å². The first-order chi connectivity index (χ1) is 12.4. The minimum atomic E-state index is -0.308. The van der Waals surface area contributed by atoms with Crippen molar-refractivity contribution in [1.29, 1.82) is 0 Å². The third kappa shape index (κ3) is 3.31. The molecule has 0 fully saturated rings. The van der Waals surface area contributed by atoms with Crippen molar-refractivity contribution in [1.82, 2.24) is 19.8 Å². The summed E-state index contributed by atoms with van der Waals surface area (Å²) in [4.78, 5) is 12.3. The zero-order valence-electron chi connectivity index (χ0n) is 15.5. The van der Waals surface area contributed by atoms with E-state index in [1.54, 1.807) is 7.05 Å². The molecule has 26 heavy (non-hydrogen) atoms. The highest BCUT2D eigenvalue weighted by Gasteiger charge is 2.16. The monoisotopic (exact) mass is 350 g/mol. The van der Waals surface area contributed by atoms with Crippen LogP contribution in [0.5, 0.6) is 5.75 Å². The van der Waals surface area contributed by atoms with Crippen LogP contribution in [-0.2, 0) is 13.7 Å². The van der Waals surface area contributed by atoms with Crippen molar-refractivity contribution in [2.45, 2.75) is 27.4 Å². The van der Waals surface area contributed by atoms with Gasteiger partial charge < -0.3 is 4.74 Å². The Bertz CT molecular complexity index is 1030. The molecular formula is C20H22N4O2. The molecule has 0 aliphatic heterocycles. The predicted molar refractivity (Wildman–Crippen MR) is 102 cm³/mol. The minimum absolute atomic E-state index is 0.297. The van der Waals surface area contributed by atoms with E-state index in [0.29, 0.717) is 12.3 Å². The molecule has 0 bridgehead atoms. The van der Waals surface area contributed by atoms with Gasteiger partial charge in [-0.05, 0) is 60.0 Å². The third-order valence-electron chi connectivity index (χ3n) is 4.28. The topological polar surface area (TPSA) is 61.9 Å². The first-order valence-electron chi connectivity index (χ1n) is 8.35. The van der Waals surface area contributed by atoms with Gasteiger partial charge >= 0.3 is 5.69 Å². The minimum Gasteiger partial charge on any atom is -0.489 e. The van der Waals surface area contributed by atoms with Crippen molar-refractivity contribution in [3.63, 3.8) is 0 Å². The van der Waals surface area contributed by atoms with Crippen LogP contribution < -0.4 is 10.4 Å².